The fourth-order valence-electron chi connectivity index (χ4n) is 4.12. The van der Waals surface area contributed by atoms with Gasteiger partial charge in [-0.05, 0) is 38.0 Å². The highest BCUT2D eigenvalue weighted by molar-refractivity contribution is 5.97. The molecule has 2 atom stereocenters. The van der Waals surface area contributed by atoms with E-state index in [1.165, 1.54) is 12.0 Å². The molecule has 2 aliphatic rings. The zero-order valence-electron chi connectivity index (χ0n) is 17.5. The normalized spacial score (nSPS) is 21.0. The Morgan fingerprint density at radius 2 is 1.93 bits per heavy atom. The Bertz CT molecular complexity index is 846. The number of benzene rings is 2. The van der Waals surface area contributed by atoms with Crippen LogP contribution in [0.1, 0.15) is 42.1 Å². The first-order valence-corrected chi connectivity index (χ1v) is 10.6. The van der Waals surface area contributed by atoms with Gasteiger partial charge >= 0.3 is 0 Å². The molecule has 0 bridgehead atoms. The van der Waals surface area contributed by atoms with E-state index in [0.717, 1.165) is 25.3 Å². The molecule has 2 N–H and O–H groups in total. The predicted molar refractivity (Wildman–Crippen MR) is 117 cm³/mol. The van der Waals surface area contributed by atoms with E-state index in [9.17, 15) is 4.79 Å². The molecule has 5 nitrogen and oxygen atoms in total. The van der Waals surface area contributed by atoms with Gasteiger partial charge < -0.3 is 20.3 Å². The summed E-state index contributed by atoms with van der Waals surface area (Å²) in [6.07, 6.45) is 1.25. The van der Waals surface area contributed by atoms with Gasteiger partial charge in [0, 0.05) is 55.3 Å². The maximum atomic E-state index is 12.3. The first-order valence-electron chi connectivity index (χ1n) is 10.6. The van der Waals surface area contributed by atoms with Crippen molar-refractivity contribution in [3.63, 3.8) is 0 Å². The lowest BCUT2D eigenvalue weighted by Crippen LogP contribution is -2.51. The number of ether oxygens (including phenoxy) is 1. The molecule has 4 rings (SSSR count). The maximum absolute atomic E-state index is 12.3. The number of carbonyl (C=O) groups excluding carboxylic acids is 1. The van der Waals surface area contributed by atoms with Gasteiger partial charge in [-0.3, -0.25) is 4.79 Å². The van der Waals surface area contributed by atoms with Crippen molar-refractivity contribution in [3.8, 4) is 5.75 Å². The highest BCUT2D eigenvalue weighted by Crippen LogP contribution is 2.41. The number of rotatable bonds is 8. The third-order valence-electron chi connectivity index (χ3n) is 5.86. The van der Waals surface area contributed by atoms with E-state index in [1.54, 1.807) is 7.11 Å². The number of hydrogen-bond donors (Lipinski definition) is 2. The van der Waals surface area contributed by atoms with E-state index in [0.29, 0.717) is 29.2 Å². The van der Waals surface area contributed by atoms with Gasteiger partial charge in [0.2, 0.25) is 0 Å². The molecule has 154 valence electrons. The standard InChI is InChI=1S/C24H31N3O2/c1-16(2)26-24(28)20-10-9-19(11-23(20)29-3)27-14-17(15-27)13-25-22-12-21(22)18-7-5-4-6-8-18/h4-11,16-17,21-22,25H,12-15H2,1-3H3,(H,26,28). The molecular weight excluding hydrogens is 362 g/mol. The number of nitrogens with zero attached hydrogens (tertiary/aromatic N) is 1. The minimum absolute atomic E-state index is 0.0912. The van der Waals surface area contributed by atoms with Crippen LogP contribution in [0, 0.1) is 5.92 Å². The van der Waals surface area contributed by atoms with Crippen LogP contribution >= 0.6 is 0 Å². The van der Waals surface area contributed by atoms with Crippen LogP contribution in [0.2, 0.25) is 0 Å². The Hall–Kier alpha value is -2.53. The third-order valence-corrected chi connectivity index (χ3v) is 5.86. The molecule has 2 unspecified atom stereocenters. The molecule has 0 aromatic heterocycles. The largest absolute Gasteiger partial charge is 0.496 e. The molecular formula is C24H31N3O2. The van der Waals surface area contributed by atoms with Crippen molar-refractivity contribution in [1.82, 2.24) is 10.6 Å². The minimum atomic E-state index is -0.0912. The molecule has 5 heteroatoms. The SMILES string of the molecule is COc1cc(N2CC(CNC3CC3c3ccccc3)C2)ccc1C(=O)NC(C)C. The number of amides is 1. The second-order valence-corrected chi connectivity index (χ2v) is 8.55. The maximum Gasteiger partial charge on any atom is 0.255 e. The Morgan fingerprint density at radius 3 is 2.62 bits per heavy atom. The summed E-state index contributed by atoms with van der Waals surface area (Å²) in [6, 6.07) is 17.4. The quantitative estimate of drug-likeness (QED) is 0.722. The van der Waals surface area contributed by atoms with E-state index in [2.05, 4.69) is 45.9 Å². The van der Waals surface area contributed by atoms with Gasteiger partial charge in [-0.15, -0.1) is 0 Å². The van der Waals surface area contributed by atoms with Crippen molar-refractivity contribution in [2.45, 2.75) is 38.3 Å². The fourth-order valence-corrected chi connectivity index (χ4v) is 4.12. The summed E-state index contributed by atoms with van der Waals surface area (Å²) in [7, 11) is 1.62. The smallest absolute Gasteiger partial charge is 0.255 e. The zero-order chi connectivity index (χ0) is 20.4. The summed E-state index contributed by atoms with van der Waals surface area (Å²) in [5.41, 5.74) is 3.16. The number of hydrogen-bond acceptors (Lipinski definition) is 4. The molecule has 2 aromatic carbocycles. The average molecular weight is 394 g/mol. The molecule has 0 spiro atoms. The van der Waals surface area contributed by atoms with Crippen molar-refractivity contribution >= 4 is 11.6 Å². The van der Waals surface area contributed by atoms with Gasteiger partial charge in [-0.1, -0.05) is 30.3 Å². The van der Waals surface area contributed by atoms with Gasteiger partial charge in [0.25, 0.3) is 5.91 Å². The van der Waals surface area contributed by atoms with Gasteiger partial charge in [-0.25, -0.2) is 0 Å². The molecule has 1 aliphatic heterocycles. The lowest BCUT2D eigenvalue weighted by atomic mass is 9.98. The first-order chi connectivity index (χ1) is 14.0. The Morgan fingerprint density at radius 1 is 1.17 bits per heavy atom. The Kier molecular flexibility index (Phi) is 5.76. The monoisotopic (exact) mass is 393 g/mol. The molecule has 0 radical (unpaired) electrons. The van der Waals surface area contributed by atoms with Crippen LogP contribution in [-0.2, 0) is 0 Å². The number of carbonyl (C=O) groups is 1. The number of anilines is 1. The van der Waals surface area contributed by atoms with Gasteiger partial charge in [-0.2, -0.15) is 0 Å². The molecule has 1 amide bonds. The van der Waals surface area contributed by atoms with E-state index < -0.39 is 0 Å². The molecule has 1 aliphatic carbocycles. The highest BCUT2D eigenvalue weighted by atomic mass is 16.5. The number of methoxy groups -OCH3 is 1. The molecule has 1 saturated heterocycles. The van der Waals surface area contributed by atoms with Crippen LogP contribution in [0.25, 0.3) is 0 Å². The van der Waals surface area contributed by atoms with Crippen molar-refractivity contribution in [2.24, 2.45) is 5.92 Å². The lowest BCUT2D eigenvalue weighted by Gasteiger charge is -2.41. The summed E-state index contributed by atoms with van der Waals surface area (Å²) in [5, 5.41) is 6.66. The second kappa shape index (κ2) is 8.46. The van der Waals surface area contributed by atoms with Crippen molar-refractivity contribution in [3.05, 3.63) is 59.7 Å². The summed E-state index contributed by atoms with van der Waals surface area (Å²) in [6.45, 7) is 7.05. The topological polar surface area (TPSA) is 53.6 Å². The first kappa shape index (κ1) is 19.8. The molecule has 29 heavy (non-hydrogen) atoms. The van der Waals surface area contributed by atoms with E-state index in [4.69, 9.17) is 4.74 Å². The molecule has 1 saturated carbocycles. The fraction of sp³-hybridized carbons (Fsp3) is 0.458. The van der Waals surface area contributed by atoms with Crippen LogP contribution in [0.4, 0.5) is 5.69 Å². The number of nitrogens with one attached hydrogen (secondary N) is 2. The van der Waals surface area contributed by atoms with Gasteiger partial charge in [0.15, 0.2) is 0 Å². The second-order valence-electron chi connectivity index (χ2n) is 8.55. The van der Waals surface area contributed by atoms with Crippen molar-refractivity contribution < 1.29 is 9.53 Å². The average Bonchev–Trinajstić information content (AvgIpc) is 3.46. The van der Waals surface area contributed by atoms with Gasteiger partial charge in [0.05, 0.1) is 12.7 Å². The minimum Gasteiger partial charge on any atom is -0.496 e. The zero-order valence-corrected chi connectivity index (χ0v) is 17.5. The van der Waals surface area contributed by atoms with E-state index in [1.807, 2.05) is 32.0 Å². The Labute approximate surface area is 173 Å². The van der Waals surface area contributed by atoms with Crippen LogP contribution in [0.3, 0.4) is 0 Å². The van der Waals surface area contributed by atoms with Crippen LogP contribution in [0.5, 0.6) is 5.75 Å². The van der Waals surface area contributed by atoms with Crippen LogP contribution in [-0.4, -0.2) is 44.7 Å². The van der Waals surface area contributed by atoms with Crippen molar-refractivity contribution in [1.29, 1.82) is 0 Å². The van der Waals surface area contributed by atoms with E-state index >= 15 is 0 Å². The molecule has 1 heterocycles. The predicted octanol–water partition coefficient (Wildman–Crippen LogP) is 3.42. The van der Waals surface area contributed by atoms with Gasteiger partial charge in [0.1, 0.15) is 5.75 Å². The summed E-state index contributed by atoms with van der Waals surface area (Å²) in [5.74, 6) is 1.89. The Balaban J connectivity index is 1.26. The summed E-state index contributed by atoms with van der Waals surface area (Å²) < 4.78 is 5.48. The molecule has 2 aromatic rings. The van der Waals surface area contributed by atoms with E-state index in [-0.39, 0.29) is 11.9 Å². The van der Waals surface area contributed by atoms with Crippen LogP contribution in [0.15, 0.2) is 48.5 Å². The van der Waals surface area contributed by atoms with Crippen LogP contribution < -0.4 is 20.3 Å². The highest BCUT2D eigenvalue weighted by Gasteiger charge is 2.39. The summed E-state index contributed by atoms with van der Waals surface area (Å²) >= 11 is 0. The molecule has 2 fully saturated rings. The third kappa shape index (κ3) is 4.56. The summed E-state index contributed by atoms with van der Waals surface area (Å²) in [4.78, 5) is 14.7. The van der Waals surface area contributed by atoms with Crippen molar-refractivity contribution in [2.75, 3.05) is 31.6 Å². The lowest BCUT2D eigenvalue weighted by molar-refractivity contribution is 0.0940.